The van der Waals surface area contributed by atoms with Crippen LogP contribution < -0.4 is 0 Å². The lowest BCUT2D eigenvalue weighted by Gasteiger charge is -2.22. The van der Waals surface area contributed by atoms with Crippen LogP contribution in [0, 0.1) is 0 Å². The van der Waals surface area contributed by atoms with E-state index in [1.807, 2.05) is 4.90 Å². The fourth-order valence-electron chi connectivity index (χ4n) is 1.92. The van der Waals surface area contributed by atoms with Crippen LogP contribution in [0.15, 0.2) is 24.5 Å². The molecule has 1 aliphatic rings. The summed E-state index contributed by atoms with van der Waals surface area (Å²) >= 11 is 5.82. The van der Waals surface area contributed by atoms with Gasteiger partial charge >= 0.3 is 0 Å². The Morgan fingerprint density at radius 2 is 2.53 bits per heavy atom. The van der Waals surface area contributed by atoms with Gasteiger partial charge in [-0.2, -0.15) is 0 Å². The molecule has 15 heavy (non-hydrogen) atoms. The number of carbonyl (C=O) groups is 1. The molecule has 0 saturated carbocycles. The summed E-state index contributed by atoms with van der Waals surface area (Å²) < 4.78 is 0. The van der Waals surface area contributed by atoms with Crippen LogP contribution in [0.25, 0.3) is 0 Å². The van der Waals surface area contributed by atoms with E-state index in [4.69, 9.17) is 11.6 Å². The second kappa shape index (κ2) is 4.62. The number of pyridine rings is 1. The van der Waals surface area contributed by atoms with Crippen LogP contribution in [0.2, 0.25) is 0 Å². The number of rotatable bonds is 2. The first kappa shape index (κ1) is 10.4. The SMILES string of the molecule is O=C(c1cccnc1)N1CCCC1CCl. The molecular formula is C11H13ClN2O. The first-order valence-corrected chi connectivity index (χ1v) is 5.63. The van der Waals surface area contributed by atoms with E-state index < -0.39 is 0 Å². The van der Waals surface area contributed by atoms with Gasteiger partial charge in [-0.05, 0) is 25.0 Å². The summed E-state index contributed by atoms with van der Waals surface area (Å²) in [7, 11) is 0. The first-order chi connectivity index (χ1) is 7.33. The third-order valence-corrected chi connectivity index (χ3v) is 3.08. The van der Waals surface area contributed by atoms with Gasteiger partial charge in [0, 0.05) is 30.9 Å². The predicted molar refractivity (Wildman–Crippen MR) is 59.0 cm³/mol. The van der Waals surface area contributed by atoms with Crippen LogP contribution >= 0.6 is 11.6 Å². The molecule has 80 valence electrons. The molecule has 2 heterocycles. The van der Waals surface area contributed by atoms with Crippen LogP contribution in [-0.2, 0) is 0 Å². The van der Waals surface area contributed by atoms with E-state index >= 15 is 0 Å². The zero-order chi connectivity index (χ0) is 10.7. The number of hydrogen-bond acceptors (Lipinski definition) is 2. The quantitative estimate of drug-likeness (QED) is 0.720. The number of aromatic nitrogens is 1. The second-order valence-corrected chi connectivity index (χ2v) is 4.00. The Balaban J connectivity index is 2.14. The molecule has 1 aliphatic heterocycles. The van der Waals surface area contributed by atoms with E-state index in [-0.39, 0.29) is 11.9 Å². The Labute approximate surface area is 94.1 Å². The molecule has 0 spiro atoms. The van der Waals surface area contributed by atoms with Crippen molar-refractivity contribution in [1.29, 1.82) is 0 Å². The summed E-state index contributed by atoms with van der Waals surface area (Å²) in [4.78, 5) is 17.8. The number of halogens is 1. The van der Waals surface area contributed by atoms with Crippen molar-refractivity contribution in [2.45, 2.75) is 18.9 Å². The highest BCUT2D eigenvalue weighted by Gasteiger charge is 2.28. The van der Waals surface area contributed by atoms with Crippen LogP contribution in [0.3, 0.4) is 0 Å². The molecule has 1 fully saturated rings. The fraction of sp³-hybridized carbons (Fsp3) is 0.455. The molecule has 0 radical (unpaired) electrons. The molecule has 1 atom stereocenters. The summed E-state index contributed by atoms with van der Waals surface area (Å²) in [6.07, 6.45) is 5.32. The molecule has 1 aromatic rings. The van der Waals surface area contributed by atoms with Crippen LogP contribution in [0.1, 0.15) is 23.2 Å². The molecule has 0 aromatic carbocycles. The van der Waals surface area contributed by atoms with Gasteiger partial charge in [-0.3, -0.25) is 9.78 Å². The van der Waals surface area contributed by atoms with E-state index in [0.29, 0.717) is 11.4 Å². The highest BCUT2D eigenvalue weighted by Crippen LogP contribution is 2.20. The van der Waals surface area contributed by atoms with Crippen LogP contribution in [0.4, 0.5) is 0 Å². The molecule has 0 bridgehead atoms. The van der Waals surface area contributed by atoms with Crippen molar-refractivity contribution in [2.24, 2.45) is 0 Å². The van der Waals surface area contributed by atoms with Gasteiger partial charge in [0.2, 0.25) is 0 Å². The van der Waals surface area contributed by atoms with Gasteiger partial charge in [-0.1, -0.05) is 0 Å². The summed E-state index contributed by atoms with van der Waals surface area (Å²) in [5, 5.41) is 0. The second-order valence-electron chi connectivity index (χ2n) is 3.69. The summed E-state index contributed by atoms with van der Waals surface area (Å²) in [6.45, 7) is 0.811. The monoisotopic (exact) mass is 224 g/mol. The van der Waals surface area contributed by atoms with E-state index in [0.717, 1.165) is 19.4 Å². The van der Waals surface area contributed by atoms with Gasteiger partial charge in [-0.25, -0.2) is 0 Å². The van der Waals surface area contributed by atoms with E-state index in [1.165, 1.54) is 0 Å². The molecule has 0 N–H and O–H groups in total. The van der Waals surface area contributed by atoms with Crippen molar-refractivity contribution in [1.82, 2.24) is 9.88 Å². The number of nitrogens with zero attached hydrogens (tertiary/aromatic N) is 2. The standard InChI is InChI=1S/C11H13ClN2O/c12-7-10-4-2-6-14(10)11(15)9-3-1-5-13-8-9/h1,3,5,8,10H,2,4,6-7H2. The highest BCUT2D eigenvalue weighted by atomic mass is 35.5. The van der Waals surface area contributed by atoms with Crippen LogP contribution in [-0.4, -0.2) is 34.3 Å². The van der Waals surface area contributed by atoms with E-state index in [9.17, 15) is 4.79 Å². The lowest BCUT2D eigenvalue weighted by Crippen LogP contribution is -2.36. The van der Waals surface area contributed by atoms with Gasteiger partial charge in [0.15, 0.2) is 0 Å². The molecule has 0 aliphatic carbocycles. The third kappa shape index (κ3) is 2.12. The Bertz CT molecular complexity index is 342. The van der Waals surface area contributed by atoms with Crippen molar-refractivity contribution in [2.75, 3.05) is 12.4 Å². The fourth-order valence-corrected chi connectivity index (χ4v) is 2.24. The van der Waals surface area contributed by atoms with Crippen molar-refractivity contribution >= 4 is 17.5 Å². The number of alkyl halides is 1. The Morgan fingerprint density at radius 1 is 1.67 bits per heavy atom. The largest absolute Gasteiger partial charge is 0.334 e. The molecule has 3 nitrogen and oxygen atoms in total. The van der Waals surface area contributed by atoms with E-state index in [1.54, 1.807) is 24.5 Å². The maximum atomic E-state index is 12.0. The number of amides is 1. The zero-order valence-corrected chi connectivity index (χ0v) is 9.15. The Kier molecular flexibility index (Phi) is 3.21. The molecule has 1 saturated heterocycles. The molecule has 1 aromatic heterocycles. The lowest BCUT2D eigenvalue weighted by molar-refractivity contribution is 0.0749. The predicted octanol–water partition coefficient (Wildman–Crippen LogP) is 1.93. The highest BCUT2D eigenvalue weighted by molar-refractivity contribution is 6.18. The van der Waals surface area contributed by atoms with Gasteiger partial charge in [0.25, 0.3) is 5.91 Å². The number of carbonyl (C=O) groups excluding carboxylic acids is 1. The molecule has 1 amide bonds. The normalized spacial score (nSPS) is 20.6. The average Bonchev–Trinajstić information content (AvgIpc) is 2.77. The summed E-state index contributed by atoms with van der Waals surface area (Å²) in [5.74, 6) is 0.567. The number of hydrogen-bond donors (Lipinski definition) is 0. The lowest BCUT2D eigenvalue weighted by atomic mass is 10.2. The molecule has 2 rings (SSSR count). The van der Waals surface area contributed by atoms with Gasteiger partial charge in [0.05, 0.1) is 5.56 Å². The Hall–Kier alpha value is -1.09. The minimum atomic E-state index is 0.0475. The van der Waals surface area contributed by atoms with Gasteiger partial charge in [-0.15, -0.1) is 11.6 Å². The number of likely N-dealkylation sites (tertiary alicyclic amines) is 1. The first-order valence-electron chi connectivity index (χ1n) is 5.10. The Morgan fingerprint density at radius 3 is 3.20 bits per heavy atom. The molecular weight excluding hydrogens is 212 g/mol. The summed E-state index contributed by atoms with van der Waals surface area (Å²) in [6, 6.07) is 3.76. The smallest absolute Gasteiger partial charge is 0.255 e. The third-order valence-electron chi connectivity index (χ3n) is 2.72. The van der Waals surface area contributed by atoms with Crippen LogP contribution in [0.5, 0.6) is 0 Å². The summed E-state index contributed by atoms with van der Waals surface area (Å²) in [5.41, 5.74) is 0.648. The average molecular weight is 225 g/mol. The van der Waals surface area contributed by atoms with E-state index in [2.05, 4.69) is 4.98 Å². The van der Waals surface area contributed by atoms with Gasteiger partial charge < -0.3 is 4.90 Å². The van der Waals surface area contributed by atoms with Crippen molar-refractivity contribution < 1.29 is 4.79 Å². The minimum absolute atomic E-state index is 0.0475. The van der Waals surface area contributed by atoms with Crippen molar-refractivity contribution in [3.05, 3.63) is 30.1 Å². The molecule has 4 heteroatoms. The van der Waals surface area contributed by atoms with Gasteiger partial charge in [0.1, 0.15) is 0 Å². The topological polar surface area (TPSA) is 33.2 Å². The maximum Gasteiger partial charge on any atom is 0.255 e. The van der Waals surface area contributed by atoms with Crippen molar-refractivity contribution in [3.8, 4) is 0 Å². The molecule has 1 unspecified atom stereocenters. The van der Waals surface area contributed by atoms with Crippen molar-refractivity contribution in [3.63, 3.8) is 0 Å². The maximum absolute atomic E-state index is 12.0. The minimum Gasteiger partial charge on any atom is -0.334 e. The zero-order valence-electron chi connectivity index (χ0n) is 8.40.